The number of sulfonamides is 1. The van der Waals surface area contributed by atoms with Crippen LogP contribution in [0, 0.1) is 11.6 Å². The van der Waals surface area contributed by atoms with E-state index in [1.165, 1.54) is 4.31 Å². The van der Waals surface area contributed by atoms with E-state index >= 15 is 0 Å². The molecule has 0 atom stereocenters. The van der Waals surface area contributed by atoms with Crippen LogP contribution in [0.4, 0.5) is 14.5 Å². The molecule has 0 saturated heterocycles. The van der Waals surface area contributed by atoms with Crippen LogP contribution < -0.4 is 4.31 Å². The Labute approximate surface area is 154 Å². The SMILES string of the molecule is CCC1(CC)CN(S(=O)(=O)c2cc(Br)c(F)cc2F)c2ccccc21. The topological polar surface area (TPSA) is 37.4 Å². The van der Waals surface area contributed by atoms with Crippen LogP contribution in [0.2, 0.25) is 0 Å². The summed E-state index contributed by atoms with van der Waals surface area (Å²) < 4.78 is 55.2. The second-order valence-electron chi connectivity index (χ2n) is 6.21. The Balaban J connectivity index is 2.19. The highest BCUT2D eigenvalue weighted by Gasteiger charge is 2.45. The Morgan fingerprint density at radius 2 is 1.76 bits per heavy atom. The van der Waals surface area contributed by atoms with Crippen LogP contribution in [-0.2, 0) is 15.4 Å². The summed E-state index contributed by atoms with van der Waals surface area (Å²) in [6.45, 7) is 4.28. The highest BCUT2D eigenvalue weighted by molar-refractivity contribution is 9.10. The van der Waals surface area contributed by atoms with Crippen molar-refractivity contribution in [2.45, 2.75) is 37.0 Å². The third kappa shape index (κ3) is 2.77. The Kier molecular flexibility index (Phi) is 4.66. The molecule has 1 aliphatic heterocycles. The average molecular weight is 430 g/mol. The lowest BCUT2D eigenvalue weighted by atomic mass is 9.78. The summed E-state index contributed by atoms with van der Waals surface area (Å²) >= 11 is 2.94. The van der Waals surface area contributed by atoms with Gasteiger partial charge in [-0.05, 0) is 46.5 Å². The minimum absolute atomic E-state index is 0.0859. The fourth-order valence-corrected chi connectivity index (χ4v) is 5.61. The van der Waals surface area contributed by atoms with Crippen molar-refractivity contribution < 1.29 is 17.2 Å². The van der Waals surface area contributed by atoms with Crippen LogP contribution in [-0.4, -0.2) is 15.0 Å². The van der Waals surface area contributed by atoms with Gasteiger partial charge in [-0.1, -0.05) is 32.0 Å². The van der Waals surface area contributed by atoms with Gasteiger partial charge in [-0.15, -0.1) is 0 Å². The molecule has 0 spiro atoms. The standard InChI is InChI=1S/C18H18BrF2NO2S/c1-3-18(4-2)11-22(16-8-6-5-7-12(16)18)25(23,24)17-9-13(19)14(20)10-15(17)21/h5-10H,3-4,11H2,1-2H3. The lowest BCUT2D eigenvalue weighted by molar-refractivity contribution is 0.428. The van der Waals surface area contributed by atoms with Gasteiger partial charge in [0.15, 0.2) is 0 Å². The number of rotatable bonds is 4. The number of halogens is 3. The van der Waals surface area contributed by atoms with Crippen LogP contribution >= 0.6 is 15.9 Å². The third-order valence-electron chi connectivity index (χ3n) is 5.09. The van der Waals surface area contributed by atoms with Crippen LogP contribution in [0.5, 0.6) is 0 Å². The minimum atomic E-state index is -4.15. The fraction of sp³-hybridized carbons (Fsp3) is 0.333. The molecule has 1 heterocycles. The monoisotopic (exact) mass is 429 g/mol. The predicted molar refractivity (Wildman–Crippen MR) is 97.3 cm³/mol. The molecule has 0 amide bonds. The smallest absolute Gasteiger partial charge is 0.265 e. The molecule has 2 aromatic rings. The highest BCUT2D eigenvalue weighted by Crippen LogP contribution is 2.47. The number of fused-ring (bicyclic) bond motifs is 1. The lowest BCUT2D eigenvalue weighted by Gasteiger charge is -2.28. The van der Waals surface area contributed by atoms with Crippen molar-refractivity contribution in [2.75, 3.05) is 10.8 Å². The van der Waals surface area contributed by atoms with Crippen LogP contribution in [0.1, 0.15) is 32.3 Å². The minimum Gasteiger partial charge on any atom is -0.265 e. The summed E-state index contributed by atoms with van der Waals surface area (Å²) in [4.78, 5) is -0.529. The van der Waals surface area contributed by atoms with Gasteiger partial charge in [-0.3, -0.25) is 4.31 Å². The van der Waals surface area contributed by atoms with Crippen LogP contribution in [0.15, 0.2) is 45.8 Å². The first kappa shape index (κ1) is 18.3. The quantitative estimate of drug-likeness (QED) is 0.641. The number of anilines is 1. The Bertz CT molecular complexity index is 927. The molecule has 0 aliphatic carbocycles. The van der Waals surface area contributed by atoms with Gasteiger partial charge >= 0.3 is 0 Å². The first-order valence-electron chi connectivity index (χ1n) is 8.03. The molecule has 0 bridgehead atoms. The Morgan fingerprint density at radius 3 is 2.40 bits per heavy atom. The second kappa shape index (κ2) is 6.36. The van der Waals surface area contributed by atoms with E-state index < -0.39 is 26.6 Å². The molecule has 0 aromatic heterocycles. The van der Waals surface area contributed by atoms with Crippen molar-refractivity contribution in [3.8, 4) is 0 Å². The maximum Gasteiger partial charge on any atom is 0.267 e. The Hall–Kier alpha value is -1.47. The summed E-state index contributed by atoms with van der Waals surface area (Å²) in [5, 5.41) is 0. The van der Waals surface area contributed by atoms with E-state index in [0.717, 1.165) is 24.5 Å². The van der Waals surface area contributed by atoms with Crippen LogP contribution in [0.25, 0.3) is 0 Å². The molecular weight excluding hydrogens is 412 g/mol. The zero-order valence-corrected chi connectivity index (χ0v) is 16.3. The third-order valence-corrected chi connectivity index (χ3v) is 7.47. The van der Waals surface area contributed by atoms with Gasteiger partial charge < -0.3 is 0 Å². The normalized spacial score (nSPS) is 16.1. The van der Waals surface area contributed by atoms with Crippen molar-refractivity contribution in [1.29, 1.82) is 0 Å². The number of benzene rings is 2. The highest BCUT2D eigenvalue weighted by atomic mass is 79.9. The number of hydrogen-bond donors (Lipinski definition) is 0. The molecular formula is C18H18BrF2NO2S. The number of nitrogens with zero attached hydrogens (tertiary/aromatic N) is 1. The molecule has 2 aromatic carbocycles. The fourth-order valence-electron chi connectivity index (χ4n) is 3.47. The first-order chi connectivity index (χ1) is 11.8. The van der Waals surface area contributed by atoms with Crippen LogP contribution in [0.3, 0.4) is 0 Å². The van der Waals surface area contributed by atoms with E-state index in [2.05, 4.69) is 15.9 Å². The van der Waals surface area contributed by atoms with Gasteiger partial charge in [0.25, 0.3) is 10.0 Å². The zero-order valence-electron chi connectivity index (χ0n) is 13.9. The van der Waals surface area contributed by atoms with Gasteiger partial charge in [0.1, 0.15) is 16.5 Å². The van der Waals surface area contributed by atoms with Gasteiger partial charge in [0.05, 0.1) is 10.2 Å². The molecule has 0 unspecified atom stereocenters. The van der Waals surface area contributed by atoms with Crippen molar-refractivity contribution in [3.05, 3.63) is 58.1 Å². The molecule has 7 heteroatoms. The van der Waals surface area contributed by atoms with E-state index in [1.807, 2.05) is 26.0 Å². The summed E-state index contributed by atoms with van der Waals surface area (Å²) in [6.07, 6.45) is 1.53. The number of para-hydroxylation sites is 1. The van der Waals surface area contributed by atoms with E-state index in [9.17, 15) is 17.2 Å². The maximum absolute atomic E-state index is 14.2. The van der Waals surface area contributed by atoms with Crippen molar-refractivity contribution in [1.82, 2.24) is 0 Å². The largest absolute Gasteiger partial charge is 0.267 e. The Morgan fingerprint density at radius 1 is 1.12 bits per heavy atom. The molecule has 0 radical (unpaired) electrons. The van der Waals surface area contributed by atoms with E-state index in [0.29, 0.717) is 11.8 Å². The molecule has 0 fully saturated rings. The summed E-state index contributed by atoms with van der Waals surface area (Å²) in [7, 11) is -4.15. The van der Waals surface area contributed by atoms with Crippen molar-refractivity contribution in [2.24, 2.45) is 0 Å². The average Bonchev–Trinajstić information content (AvgIpc) is 2.94. The zero-order chi connectivity index (χ0) is 18.4. The van der Waals surface area contributed by atoms with Gasteiger partial charge in [0, 0.05) is 18.0 Å². The molecule has 25 heavy (non-hydrogen) atoms. The van der Waals surface area contributed by atoms with Gasteiger partial charge in [0.2, 0.25) is 0 Å². The number of hydrogen-bond acceptors (Lipinski definition) is 2. The van der Waals surface area contributed by atoms with Gasteiger partial charge in [-0.25, -0.2) is 17.2 Å². The van der Waals surface area contributed by atoms with Gasteiger partial charge in [-0.2, -0.15) is 0 Å². The molecule has 3 rings (SSSR count). The molecule has 134 valence electrons. The van der Waals surface area contributed by atoms with E-state index in [4.69, 9.17) is 0 Å². The molecule has 0 N–H and O–H groups in total. The summed E-state index contributed by atoms with van der Waals surface area (Å²) in [5.41, 5.74) is 1.20. The lowest BCUT2D eigenvalue weighted by Crippen LogP contribution is -2.36. The first-order valence-corrected chi connectivity index (χ1v) is 10.3. The summed E-state index contributed by atoms with van der Waals surface area (Å²) in [5.74, 6) is -1.93. The van der Waals surface area contributed by atoms with E-state index in [-0.39, 0.29) is 16.4 Å². The van der Waals surface area contributed by atoms with E-state index in [1.54, 1.807) is 12.1 Å². The molecule has 0 saturated carbocycles. The van der Waals surface area contributed by atoms with Crippen molar-refractivity contribution >= 4 is 31.6 Å². The predicted octanol–water partition coefficient (Wildman–Crippen LogP) is 4.99. The molecule has 3 nitrogen and oxygen atoms in total. The molecule has 1 aliphatic rings. The maximum atomic E-state index is 14.2. The second-order valence-corrected chi connectivity index (χ2v) is 8.90. The summed E-state index contributed by atoms with van der Waals surface area (Å²) in [6, 6.07) is 8.88. The van der Waals surface area contributed by atoms with Crippen molar-refractivity contribution in [3.63, 3.8) is 0 Å².